The van der Waals surface area contributed by atoms with E-state index in [0.717, 1.165) is 44.4 Å². The van der Waals surface area contributed by atoms with Crippen molar-refractivity contribution in [3.63, 3.8) is 0 Å². The van der Waals surface area contributed by atoms with E-state index in [1.165, 1.54) is 18.5 Å². The molecule has 1 aliphatic carbocycles. The van der Waals surface area contributed by atoms with Crippen LogP contribution in [0.25, 0.3) is 0 Å². The van der Waals surface area contributed by atoms with Gasteiger partial charge in [0.15, 0.2) is 5.82 Å². The Hall–Kier alpha value is -1.31. The van der Waals surface area contributed by atoms with E-state index in [1.54, 1.807) is 11.3 Å². The van der Waals surface area contributed by atoms with Gasteiger partial charge < -0.3 is 4.52 Å². The van der Waals surface area contributed by atoms with Crippen LogP contribution in [0, 0.1) is 0 Å². The summed E-state index contributed by atoms with van der Waals surface area (Å²) in [5.74, 6) is 2.23. The lowest BCUT2D eigenvalue weighted by atomic mass is 10.2. The molecule has 118 valence electrons. The average molecular weight is 319 g/mol. The van der Waals surface area contributed by atoms with Gasteiger partial charge in [0.25, 0.3) is 0 Å². The highest BCUT2D eigenvalue weighted by Gasteiger charge is 2.31. The Balaban J connectivity index is 1.32. The van der Waals surface area contributed by atoms with Crippen molar-refractivity contribution in [2.24, 2.45) is 0 Å². The summed E-state index contributed by atoms with van der Waals surface area (Å²) >= 11 is 1.66. The Morgan fingerprint density at radius 2 is 2.14 bits per heavy atom. The van der Waals surface area contributed by atoms with Crippen LogP contribution in [-0.4, -0.2) is 51.1 Å². The molecule has 1 unspecified atom stereocenters. The van der Waals surface area contributed by atoms with Crippen LogP contribution in [0.15, 0.2) is 15.4 Å². The highest BCUT2D eigenvalue weighted by Crippen LogP contribution is 2.38. The largest absolute Gasteiger partial charge is 0.338 e. The van der Waals surface area contributed by atoms with E-state index < -0.39 is 0 Å². The lowest BCUT2D eigenvalue weighted by Crippen LogP contribution is -2.46. The SMILES string of the molecule is CC(c1nc(C2CC2)no1)N1CCN(Cc2cscn2)CC1. The molecule has 22 heavy (non-hydrogen) atoms. The summed E-state index contributed by atoms with van der Waals surface area (Å²) in [7, 11) is 0. The van der Waals surface area contributed by atoms with Crippen LogP contribution in [0.4, 0.5) is 0 Å². The number of hydrogen-bond donors (Lipinski definition) is 0. The van der Waals surface area contributed by atoms with Crippen LogP contribution in [0.2, 0.25) is 0 Å². The van der Waals surface area contributed by atoms with E-state index in [4.69, 9.17) is 4.52 Å². The fourth-order valence-electron chi connectivity index (χ4n) is 2.93. The molecule has 7 heteroatoms. The van der Waals surface area contributed by atoms with Crippen molar-refractivity contribution >= 4 is 11.3 Å². The molecule has 2 fully saturated rings. The third kappa shape index (κ3) is 3.06. The van der Waals surface area contributed by atoms with Crippen molar-refractivity contribution in [3.8, 4) is 0 Å². The second-order valence-electron chi connectivity index (χ2n) is 6.23. The number of rotatable bonds is 5. The maximum Gasteiger partial charge on any atom is 0.243 e. The minimum absolute atomic E-state index is 0.210. The van der Waals surface area contributed by atoms with E-state index in [0.29, 0.717) is 5.92 Å². The zero-order valence-electron chi connectivity index (χ0n) is 12.8. The molecule has 1 saturated heterocycles. The van der Waals surface area contributed by atoms with Crippen molar-refractivity contribution < 1.29 is 4.52 Å². The van der Waals surface area contributed by atoms with Crippen molar-refractivity contribution in [1.29, 1.82) is 0 Å². The Bertz CT molecular complexity index is 601. The van der Waals surface area contributed by atoms with Crippen molar-refractivity contribution in [1.82, 2.24) is 24.9 Å². The van der Waals surface area contributed by atoms with Gasteiger partial charge in [-0.25, -0.2) is 4.98 Å². The fraction of sp³-hybridized carbons (Fsp3) is 0.667. The third-order valence-electron chi connectivity index (χ3n) is 4.58. The summed E-state index contributed by atoms with van der Waals surface area (Å²) in [6.07, 6.45) is 2.42. The van der Waals surface area contributed by atoms with E-state index in [1.807, 2.05) is 5.51 Å². The molecule has 2 aromatic heterocycles. The van der Waals surface area contributed by atoms with Crippen LogP contribution < -0.4 is 0 Å². The highest BCUT2D eigenvalue weighted by molar-refractivity contribution is 7.07. The van der Waals surface area contributed by atoms with Crippen LogP contribution >= 0.6 is 11.3 Å². The molecule has 0 spiro atoms. The van der Waals surface area contributed by atoms with Crippen LogP contribution in [0.1, 0.15) is 49.1 Å². The van der Waals surface area contributed by atoms with Gasteiger partial charge in [-0.3, -0.25) is 9.80 Å². The van der Waals surface area contributed by atoms with E-state index >= 15 is 0 Å². The number of thiazole rings is 1. The predicted molar refractivity (Wildman–Crippen MR) is 83.7 cm³/mol. The summed E-state index contributed by atoms with van der Waals surface area (Å²) in [6, 6.07) is 0.210. The molecule has 0 aromatic carbocycles. The molecule has 0 amide bonds. The number of piperazine rings is 1. The molecule has 1 saturated carbocycles. The Labute approximate surface area is 134 Å². The molecule has 2 aliphatic rings. The fourth-order valence-corrected chi connectivity index (χ4v) is 3.48. The van der Waals surface area contributed by atoms with Gasteiger partial charge in [0.05, 0.1) is 17.2 Å². The van der Waals surface area contributed by atoms with Gasteiger partial charge in [0, 0.05) is 44.0 Å². The quantitative estimate of drug-likeness (QED) is 0.843. The topological polar surface area (TPSA) is 58.3 Å². The molecule has 0 radical (unpaired) electrons. The number of hydrogen-bond acceptors (Lipinski definition) is 7. The molecular weight excluding hydrogens is 298 g/mol. The highest BCUT2D eigenvalue weighted by atomic mass is 32.1. The van der Waals surface area contributed by atoms with E-state index in [9.17, 15) is 0 Å². The van der Waals surface area contributed by atoms with Crippen molar-refractivity contribution in [2.75, 3.05) is 26.2 Å². The monoisotopic (exact) mass is 319 g/mol. The third-order valence-corrected chi connectivity index (χ3v) is 5.22. The molecule has 3 heterocycles. The second kappa shape index (κ2) is 6.06. The van der Waals surface area contributed by atoms with Crippen molar-refractivity contribution in [3.05, 3.63) is 28.3 Å². The normalized spacial score (nSPS) is 22.0. The van der Waals surface area contributed by atoms with E-state index in [-0.39, 0.29) is 6.04 Å². The molecule has 4 rings (SSSR count). The van der Waals surface area contributed by atoms with Gasteiger partial charge in [0.2, 0.25) is 5.89 Å². The first-order valence-electron chi connectivity index (χ1n) is 7.96. The maximum absolute atomic E-state index is 5.47. The summed E-state index contributed by atoms with van der Waals surface area (Å²) < 4.78 is 5.47. The van der Waals surface area contributed by atoms with Gasteiger partial charge in [-0.05, 0) is 19.8 Å². The minimum atomic E-state index is 0.210. The zero-order chi connectivity index (χ0) is 14.9. The average Bonchev–Trinajstić information content (AvgIpc) is 3.06. The van der Waals surface area contributed by atoms with Crippen molar-refractivity contribution in [2.45, 2.75) is 38.3 Å². The molecule has 2 aromatic rings. The summed E-state index contributed by atoms with van der Waals surface area (Å²) in [4.78, 5) is 13.8. The van der Waals surface area contributed by atoms with Crippen LogP contribution in [0.5, 0.6) is 0 Å². The second-order valence-corrected chi connectivity index (χ2v) is 6.95. The summed E-state index contributed by atoms with van der Waals surface area (Å²) in [5, 5.41) is 6.26. The first-order chi connectivity index (χ1) is 10.8. The predicted octanol–water partition coefficient (Wildman–Crippen LogP) is 2.28. The first kappa shape index (κ1) is 14.3. The standard InChI is InChI=1S/C15H21N5OS/c1-11(15-17-14(18-21-15)12-2-3-12)20-6-4-19(5-7-20)8-13-9-22-10-16-13/h9-12H,2-8H2,1H3. The van der Waals surface area contributed by atoms with Gasteiger partial charge in [0.1, 0.15) is 0 Å². The van der Waals surface area contributed by atoms with Crippen LogP contribution in [-0.2, 0) is 6.54 Å². The lowest BCUT2D eigenvalue weighted by molar-refractivity contribution is 0.0839. The Kier molecular flexibility index (Phi) is 3.94. The molecule has 0 bridgehead atoms. The molecule has 1 atom stereocenters. The van der Waals surface area contributed by atoms with Gasteiger partial charge >= 0.3 is 0 Å². The lowest BCUT2D eigenvalue weighted by Gasteiger charge is -2.36. The summed E-state index contributed by atoms with van der Waals surface area (Å²) in [6.45, 7) is 7.31. The van der Waals surface area contributed by atoms with E-state index in [2.05, 4.69) is 37.2 Å². The Morgan fingerprint density at radius 3 is 2.82 bits per heavy atom. The van der Waals surface area contributed by atoms with Gasteiger partial charge in [-0.2, -0.15) is 4.98 Å². The summed E-state index contributed by atoms with van der Waals surface area (Å²) in [5.41, 5.74) is 3.08. The molecule has 0 N–H and O–H groups in total. The first-order valence-corrected chi connectivity index (χ1v) is 8.91. The molecule has 6 nitrogen and oxygen atoms in total. The smallest absolute Gasteiger partial charge is 0.243 e. The maximum atomic E-state index is 5.47. The minimum Gasteiger partial charge on any atom is -0.338 e. The van der Waals surface area contributed by atoms with Crippen LogP contribution in [0.3, 0.4) is 0 Å². The molecule has 1 aliphatic heterocycles. The number of nitrogens with zero attached hydrogens (tertiary/aromatic N) is 5. The zero-order valence-corrected chi connectivity index (χ0v) is 13.6. The van der Waals surface area contributed by atoms with Gasteiger partial charge in [-0.1, -0.05) is 5.16 Å². The number of aromatic nitrogens is 3. The van der Waals surface area contributed by atoms with Gasteiger partial charge in [-0.15, -0.1) is 11.3 Å². The Morgan fingerprint density at radius 1 is 1.32 bits per heavy atom. The molecular formula is C15H21N5OS.